The Bertz CT molecular complexity index is 492. The van der Waals surface area contributed by atoms with Crippen LogP contribution in [-0.2, 0) is 10.8 Å². The maximum Gasteiger partial charge on any atom is 0.123 e. The molecule has 0 spiro atoms. The molecule has 3 rings (SSSR count). The molecule has 0 unspecified atom stereocenters. The fraction of sp³-hybridized carbons (Fsp3) is 0.700. The van der Waals surface area contributed by atoms with Crippen LogP contribution in [0.2, 0.25) is 0 Å². The van der Waals surface area contributed by atoms with Crippen molar-refractivity contribution in [1.82, 2.24) is 0 Å². The lowest BCUT2D eigenvalue weighted by Gasteiger charge is -2.39. The van der Waals surface area contributed by atoms with E-state index in [1.165, 1.54) is 64.2 Å². The van der Waals surface area contributed by atoms with Gasteiger partial charge in [0.1, 0.15) is 5.75 Å². The smallest absolute Gasteiger partial charge is 0.123 e. The minimum absolute atomic E-state index is 0.0947. The summed E-state index contributed by atoms with van der Waals surface area (Å²) in [7, 11) is 0. The number of anilines is 1. The van der Waals surface area contributed by atoms with Crippen LogP contribution in [0.25, 0.3) is 0 Å². The van der Waals surface area contributed by atoms with E-state index in [1.54, 1.807) is 0 Å². The van der Waals surface area contributed by atoms with Gasteiger partial charge in [0.05, 0.1) is 0 Å². The van der Waals surface area contributed by atoms with Crippen molar-refractivity contribution in [3.63, 3.8) is 0 Å². The van der Waals surface area contributed by atoms with Crippen molar-refractivity contribution < 1.29 is 5.11 Å². The highest BCUT2D eigenvalue weighted by Gasteiger charge is 2.37. The Labute approximate surface area is 135 Å². The molecule has 122 valence electrons. The Kier molecular flexibility index (Phi) is 4.13. The van der Waals surface area contributed by atoms with Crippen LogP contribution in [0.5, 0.6) is 5.75 Å². The van der Waals surface area contributed by atoms with Crippen LogP contribution >= 0.6 is 0 Å². The highest BCUT2D eigenvalue weighted by molar-refractivity contribution is 5.57. The van der Waals surface area contributed by atoms with E-state index < -0.39 is 0 Å². The Balaban J connectivity index is 2.05. The Morgan fingerprint density at radius 3 is 1.50 bits per heavy atom. The third-order valence-corrected chi connectivity index (χ3v) is 6.35. The summed E-state index contributed by atoms with van der Waals surface area (Å²) in [6.45, 7) is 4.63. The minimum atomic E-state index is 0.0947. The highest BCUT2D eigenvalue weighted by atomic mass is 16.3. The van der Waals surface area contributed by atoms with Crippen molar-refractivity contribution in [2.24, 2.45) is 0 Å². The number of nitrogens with two attached hydrogens (primary N) is 1. The van der Waals surface area contributed by atoms with Crippen LogP contribution in [-0.4, -0.2) is 5.11 Å². The zero-order chi connectivity index (χ0) is 15.8. The molecule has 22 heavy (non-hydrogen) atoms. The van der Waals surface area contributed by atoms with Crippen LogP contribution in [0.1, 0.15) is 89.2 Å². The first kappa shape index (κ1) is 15.7. The number of nitrogen functional groups attached to an aromatic ring is 1. The predicted octanol–water partition coefficient (Wildman–Crippen LogP) is 5.42. The largest absolute Gasteiger partial charge is 0.507 e. The summed E-state index contributed by atoms with van der Waals surface area (Å²) in [4.78, 5) is 0. The van der Waals surface area contributed by atoms with E-state index in [9.17, 15) is 5.11 Å². The Morgan fingerprint density at radius 1 is 0.773 bits per heavy atom. The van der Waals surface area contributed by atoms with E-state index >= 15 is 0 Å². The molecular formula is C20H31NO. The maximum atomic E-state index is 11.1. The number of aromatic hydroxyl groups is 1. The summed E-state index contributed by atoms with van der Waals surface area (Å²) in [5, 5.41) is 11.1. The van der Waals surface area contributed by atoms with E-state index in [2.05, 4.69) is 13.8 Å². The minimum Gasteiger partial charge on any atom is -0.507 e. The van der Waals surface area contributed by atoms with Gasteiger partial charge in [-0.1, -0.05) is 52.4 Å². The molecule has 2 nitrogen and oxygen atoms in total. The van der Waals surface area contributed by atoms with E-state index in [0.717, 1.165) is 16.8 Å². The number of phenolic OH excluding ortho intramolecular Hbond substituents is 1. The lowest BCUT2D eigenvalue weighted by molar-refractivity contribution is 0.290. The van der Waals surface area contributed by atoms with Crippen molar-refractivity contribution in [2.45, 2.75) is 88.9 Å². The molecule has 2 fully saturated rings. The first-order chi connectivity index (χ1) is 10.4. The molecule has 0 amide bonds. The normalized spacial score (nSPS) is 24.1. The van der Waals surface area contributed by atoms with Gasteiger partial charge in [-0.25, -0.2) is 0 Å². The molecular weight excluding hydrogens is 270 g/mol. The molecule has 0 saturated heterocycles. The fourth-order valence-corrected chi connectivity index (χ4v) is 4.78. The number of hydrogen-bond donors (Lipinski definition) is 2. The van der Waals surface area contributed by atoms with Gasteiger partial charge in [0, 0.05) is 16.8 Å². The molecule has 0 aliphatic heterocycles. The fourth-order valence-electron chi connectivity index (χ4n) is 4.78. The van der Waals surface area contributed by atoms with Crippen LogP contribution < -0.4 is 5.73 Å². The summed E-state index contributed by atoms with van der Waals surface area (Å²) >= 11 is 0. The summed E-state index contributed by atoms with van der Waals surface area (Å²) in [6, 6.07) is 4.08. The Morgan fingerprint density at radius 2 is 1.14 bits per heavy atom. The third kappa shape index (κ3) is 2.73. The summed E-state index contributed by atoms with van der Waals surface area (Å²) in [6.07, 6.45) is 12.4. The molecule has 2 heteroatoms. The molecule has 2 aliphatic carbocycles. The lowest BCUT2D eigenvalue weighted by atomic mass is 9.66. The SMILES string of the molecule is CC1(c2cc(N)cc(C3(C)CCCCC3)c2O)CCCCC1. The van der Waals surface area contributed by atoms with Crippen molar-refractivity contribution in [1.29, 1.82) is 0 Å². The molecule has 3 N–H and O–H groups in total. The molecule has 2 saturated carbocycles. The van der Waals surface area contributed by atoms with Gasteiger partial charge >= 0.3 is 0 Å². The van der Waals surface area contributed by atoms with E-state index in [1.807, 2.05) is 12.1 Å². The van der Waals surface area contributed by atoms with Crippen molar-refractivity contribution in [3.8, 4) is 5.75 Å². The molecule has 0 heterocycles. The Hall–Kier alpha value is -1.18. The van der Waals surface area contributed by atoms with E-state index in [0.29, 0.717) is 5.75 Å². The molecule has 0 aromatic heterocycles. The predicted molar refractivity (Wildman–Crippen MR) is 93.4 cm³/mol. The van der Waals surface area contributed by atoms with Gasteiger partial charge in [-0.2, -0.15) is 0 Å². The topological polar surface area (TPSA) is 46.2 Å². The first-order valence-electron chi connectivity index (χ1n) is 9.08. The average molecular weight is 301 g/mol. The number of rotatable bonds is 2. The van der Waals surface area contributed by atoms with Gasteiger partial charge in [0.2, 0.25) is 0 Å². The van der Waals surface area contributed by atoms with E-state index in [4.69, 9.17) is 5.73 Å². The van der Waals surface area contributed by atoms with Crippen LogP contribution in [0.4, 0.5) is 5.69 Å². The van der Waals surface area contributed by atoms with Gasteiger partial charge in [-0.3, -0.25) is 0 Å². The number of hydrogen-bond acceptors (Lipinski definition) is 2. The van der Waals surface area contributed by atoms with Gasteiger partial charge < -0.3 is 10.8 Å². The van der Waals surface area contributed by atoms with Crippen molar-refractivity contribution in [3.05, 3.63) is 23.3 Å². The van der Waals surface area contributed by atoms with Crippen LogP contribution in [0.15, 0.2) is 12.1 Å². The molecule has 1 aromatic carbocycles. The third-order valence-electron chi connectivity index (χ3n) is 6.35. The average Bonchev–Trinajstić information content (AvgIpc) is 2.50. The monoisotopic (exact) mass is 301 g/mol. The number of phenols is 1. The zero-order valence-electron chi connectivity index (χ0n) is 14.3. The summed E-state index contributed by atoms with van der Waals surface area (Å²) in [5.41, 5.74) is 9.47. The van der Waals surface area contributed by atoms with Gasteiger partial charge in [0.15, 0.2) is 0 Å². The molecule has 0 radical (unpaired) electrons. The second kappa shape index (κ2) is 5.79. The quantitative estimate of drug-likeness (QED) is 0.566. The standard InChI is InChI=1S/C20H31NO/c1-19(9-5-3-6-10-19)16-13-15(21)14-17(18(16)22)20(2)11-7-4-8-12-20/h13-14,22H,3-12,21H2,1-2H3. The van der Waals surface area contributed by atoms with Gasteiger partial charge in [-0.05, 0) is 48.6 Å². The molecule has 0 bridgehead atoms. The van der Waals surface area contributed by atoms with E-state index in [-0.39, 0.29) is 10.8 Å². The van der Waals surface area contributed by atoms with Gasteiger partial charge in [0.25, 0.3) is 0 Å². The maximum absolute atomic E-state index is 11.1. The van der Waals surface area contributed by atoms with Crippen LogP contribution in [0.3, 0.4) is 0 Å². The van der Waals surface area contributed by atoms with Crippen molar-refractivity contribution >= 4 is 5.69 Å². The lowest BCUT2D eigenvalue weighted by Crippen LogP contribution is -2.29. The van der Waals surface area contributed by atoms with Crippen molar-refractivity contribution in [2.75, 3.05) is 5.73 Å². The molecule has 0 atom stereocenters. The molecule has 2 aliphatic rings. The summed E-state index contributed by atoms with van der Waals surface area (Å²) in [5.74, 6) is 0.544. The van der Waals surface area contributed by atoms with Gasteiger partial charge in [-0.15, -0.1) is 0 Å². The highest BCUT2D eigenvalue weighted by Crippen LogP contribution is 2.49. The zero-order valence-corrected chi connectivity index (χ0v) is 14.3. The molecule has 1 aromatic rings. The number of benzene rings is 1. The second-order valence-electron chi connectivity index (χ2n) is 8.21. The summed E-state index contributed by atoms with van der Waals surface area (Å²) < 4.78 is 0. The second-order valence-corrected chi connectivity index (χ2v) is 8.21. The van der Waals surface area contributed by atoms with Crippen LogP contribution in [0, 0.1) is 0 Å². The first-order valence-corrected chi connectivity index (χ1v) is 9.08.